The van der Waals surface area contributed by atoms with E-state index >= 15 is 0 Å². The molecule has 0 bridgehead atoms. The Morgan fingerprint density at radius 3 is 2.30 bits per heavy atom. The van der Waals surface area contributed by atoms with E-state index in [1.165, 1.54) is 5.56 Å². The summed E-state index contributed by atoms with van der Waals surface area (Å²) >= 11 is 0. The normalized spacial score (nSPS) is 9.40. The topological polar surface area (TPSA) is 12.8 Å². The van der Waals surface area contributed by atoms with E-state index in [1.807, 2.05) is 19.1 Å². The lowest BCUT2D eigenvalue weighted by atomic mass is 10.2. The Hall–Kier alpha value is -0.980. The van der Waals surface area contributed by atoms with Crippen LogP contribution in [0.25, 0.3) is 0 Å². The van der Waals surface area contributed by atoms with E-state index in [1.54, 1.807) is 0 Å². The van der Waals surface area contributed by atoms with E-state index in [2.05, 4.69) is 23.8 Å². The first kappa shape index (κ1) is 7.13. The molecule has 1 rings (SSSR count). The van der Waals surface area contributed by atoms with Gasteiger partial charge >= 0.3 is 0 Å². The molecule has 0 aromatic heterocycles. The summed E-state index contributed by atoms with van der Waals surface area (Å²) in [5.41, 5.74) is 1.29. The summed E-state index contributed by atoms with van der Waals surface area (Å²) in [6, 6.07) is 8.24. The molecule has 1 aromatic rings. The van der Waals surface area contributed by atoms with Gasteiger partial charge in [-0.25, -0.2) is 0 Å². The average Bonchev–Trinajstić information content (AvgIpc) is 1.95. The number of rotatable bonds is 2. The minimum Gasteiger partial charge on any atom is -0.583 e. The Labute approximate surface area is 61.6 Å². The van der Waals surface area contributed by atoms with Crippen LogP contribution < -0.4 is 0 Å². The molecule has 0 aliphatic heterocycles. The van der Waals surface area contributed by atoms with Crippen LogP contribution in [0.15, 0.2) is 24.3 Å². The number of hydrogen-bond acceptors (Lipinski definition) is 0. The molecule has 0 saturated heterocycles. The number of aromatic hydroxyl groups is 1. The molecule has 0 amide bonds. The van der Waals surface area contributed by atoms with Crippen LogP contribution in [0, 0.1) is 6.92 Å². The molecule has 0 aliphatic rings. The molecular weight excluding hydrogens is 124 g/mol. The molecule has 1 aromatic carbocycles. The van der Waals surface area contributed by atoms with Gasteiger partial charge in [-0.2, -0.15) is 0 Å². The van der Waals surface area contributed by atoms with Gasteiger partial charge in [-0.1, -0.05) is 17.7 Å². The lowest BCUT2D eigenvalue weighted by Crippen LogP contribution is -1.85. The van der Waals surface area contributed by atoms with Gasteiger partial charge in [0.2, 0.25) is 0 Å². The summed E-state index contributed by atoms with van der Waals surface area (Å²) in [5, 5.41) is 0. The fourth-order valence-electron chi connectivity index (χ4n) is 0.833. The first-order chi connectivity index (χ1) is 4.83. The van der Waals surface area contributed by atoms with E-state index in [9.17, 15) is 0 Å². The van der Waals surface area contributed by atoms with Gasteiger partial charge in [-0.15, -0.1) is 0 Å². The predicted molar refractivity (Wildman–Crippen MR) is 43.4 cm³/mol. The monoisotopic (exact) mass is 137 g/mol. The fourth-order valence-corrected chi connectivity index (χ4v) is 0.833. The van der Waals surface area contributed by atoms with Gasteiger partial charge in [0.15, 0.2) is 6.61 Å². The van der Waals surface area contributed by atoms with Gasteiger partial charge in [-0.3, -0.25) is 0 Å². The number of aliphatic hydroxyl groups is 1. The molecule has 10 heavy (non-hydrogen) atoms. The molecule has 0 saturated carbocycles. The zero-order valence-electron chi connectivity index (χ0n) is 6.46. The average molecular weight is 137 g/mol. The highest BCUT2D eigenvalue weighted by molar-refractivity contribution is 5.25. The largest absolute Gasteiger partial charge is 0.583 e. The fraction of sp³-hybridized carbons (Fsp3) is 0.333. The SMILES string of the molecule is CC[OH+]c1ccc(C)cc1. The maximum Gasteiger partial charge on any atom is 0.254 e. The highest BCUT2D eigenvalue weighted by Gasteiger charge is 1.92. The molecule has 0 radical (unpaired) electrons. The Kier molecular flexibility index (Phi) is 2.32. The Morgan fingerprint density at radius 1 is 1.20 bits per heavy atom. The molecular formula is C9H13O+. The third-order valence-electron chi connectivity index (χ3n) is 1.37. The van der Waals surface area contributed by atoms with Crippen molar-refractivity contribution in [3.8, 4) is 5.75 Å². The predicted octanol–water partition coefficient (Wildman–Crippen LogP) is 2.26. The highest BCUT2D eigenvalue weighted by atomic mass is 16.5. The second-order valence-electron chi connectivity index (χ2n) is 2.31. The highest BCUT2D eigenvalue weighted by Crippen LogP contribution is 2.11. The molecule has 0 unspecified atom stereocenters. The van der Waals surface area contributed by atoms with Crippen molar-refractivity contribution in [2.45, 2.75) is 13.8 Å². The number of ether oxygens (including phenoxy) is 1. The second kappa shape index (κ2) is 3.25. The maximum atomic E-state index is 4.25. The van der Waals surface area contributed by atoms with Crippen LogP contribution in [0.1, 0.15) is 12.5 Å². The molecule has 1 heteroatoms. The molecule has 0 aliphatic carbocycles. The lowest BCUT2D eigenvalue weighted by Gasteiger charge is -1.98. The van der Waals surface area contributed by atoms with Crippen LogP contribution in [0.4, 0.5) is 0 Å². The van der Waals surface area contributed by atoms with Crippen molar-refractivity contribution in [2.24, 2.45) is 0 Å². The third-order valence-corrected chi connectivity index (χ3v) is 1.37. The Balaban J connectivity index is 2.69. The van der Waals surface area contributed by atoms with E-state index in [4.69, 9.17) is 0 Å². The van der Waals surface area contributed by atoms with Crippen LogP contribution in [0.5, 0.6) is 5.75 Å². The van der Waals surface area contributed by atoms with Gasteiger partial charge in [-0.05, 0) is 6.92 Å². The summed E-state index contributed by atoms with van der Waals surface area (Å²) in [6.07, 6.45) is 0. The van der Waals surface area contributed by atoms with Crippen molar-refractivity contribution >= 4 is 0 Å². The smallest absolute Gasteiger partial charge is 0.254 e. The minimum absolute atomic E-state index is 0.864. The summed E-state index contributed by atoms with van der Waals surface area (Å²) < 4.78 is 4.25. The van der Waals surface area contributed by atoms with Gasteiger partial charge in [0.05, 0.1) is 0 Å². The standard InChI is InChI=1S/C9H12O/c1-3-10-9-6-4-8(2)5-7-9/h4-7H,3H2,1-2H3/p+1. The van der Waals surface area contributed by atoms with Gasteiger partial charge in [0.1, 0.15) is 0 Å². The quantitative estimate of drug-likeness (QED) is 0.554. The van der Waals surface area contributed by atoms with Crippen LogP contribution in [-0.4, -0.2) is 11.3 Å². The van der Waals surface area contributed by atoms with E-state index in [0.29, 0.717) is 0 Å². The van der Waals surface area contributed by atoms with Crippen molar-refractivity contribution in [1.29, 1.82) is 0 Å². The van der Waals surface area contributed by atoms with E-state index in [0.717, 1.165) is 12.4 Å². The molecule has 0 fully saturated rings. The van der Waals surface area contributed by atoms with Crippen LogP contribution >= 0.6 is 0 Å². The zero-order valence-corrected chi connectivity index (χ0v) is 6.46. The van der Waals surface area contributed by atoms with Crippen molar-refractivity contribution in [3.63, 3.8) is 0 Å². The summed E-state index contributed by atoms with van der Waals surface area (Å²) in [6.45, 7) is 4.98. The summed E-state index contributed by atoms with van der Waals surface area (Å²) in [5.74, 6) is 1.08. The lowest BCUT2D eigenvalue weighted by molar-refractivity contribution is 0.0816. The van der Waals surface area contributed by atoms with Gasteiger partial charge in [0.25, 0.3) is 5.75 Å². The molecule has 1 N–H and O–H groups in total. The number of benzene rings is 1. The Morgan fingerprint density at radius 2 is 1.80 bits per heavy atom. The van der Waals surface area contributed by atoms with E-state index in [-0.39, 0.29) is 0 Å². The summed E-state index contributed by atoms with van der Waals surface area (Å²) in [4.78, 5) is 0. The number of hydrogen-bond donors (Lipinski definition) is 0. The maximum absolute atomic E-state index is 4.25. The van der Waals surface area contributed by atoms with Gasteiger partial charge in [0, 0.05) is 19.1 Å². The Bertz CT molecular complexity index is 188. The third kappa shape index (κ3) is 1.76. The van der Waals surface area contributed by atoms with Crippen LogP contribution in [0.2, 0.25) is 0 Å². The van der Waals surface area contributed by atoms with Gasteiger partial charge < -0.3 is 4.74 Å². The first-order valence-electron chi connectivity index (χ1n) is 3.57. The first-order valence-corrected chi connectivity index (χ1v) is 3.57. The van der Waals surface area contributed by atoms with Crippen molar-refractivity contribution in [2.75, 3.05) is 6.61 Å². The van der Waals surface area contributed by atoms with E-state index < -0.39 is 0 Å². The van der Waals surface area contributed by atoms with Crippen LogP contribution in [-0.2, 0) is 0 Å². The summed E-state index contributed by atoms with van der Waals surface area (Å²) in [7, 11) is 0. The number of aryl methyl sites for hydroxylation is 1. The zero-order chi connectivity index (χ0) is 7.40. The van der Waals surface area contributed by atoms with Crippen molar-refractivity contribution < 1.29 is 4.74 Å². The van der Waals surface area contributed by atoms with Crippen LogP contribution in [0.3, 0.4) is 0 Å². The second-order valence-corrected chi connectivity index (χ2v) is 2.31. The molecule has 1 nitrogen and oxygen atoms in total. The molecule has 0 heterocycles. The minimum atomic E-state index is 0.864. The molecule has 54 valence electrons. The van der Waals surface area contributed by atoms with Crippen molar-refractivity contribution in [1.82, 2.24) is 0 Å². The molecule has 0 atom stereocenters. The molecule has 0 spiro atoms. The van der Waals surface area contributed by atoms with Crippen molar-refractivity contribution in [3.05, 3.63) is 29.8 Å².